The molecule has 0 spiro atoms. The van der Waals surface area contributed by atoms with Crippen LogP contribution in [0.3, 0.4) is 0 Å². The second kappa shape index (κ2) is 9.79. The minimum Gasteiger partial charge on any atom is -0.494 e. The number of amides is 2. The van der Waals surface area contributed by atoms with E-state index in [9.17, 15) is 4.79 Å². The smallest absolute Gasteiger partial charge is 0.321 e. The Morgan fingerprint density at radius 1 is 1.24 bits per heavy atom. The number of hydrogen-bond acceptors (Lipinski definition) is 3. The number of rotatable bonds is 8. The van der Waals surface area contributed by atoms with Crippen molar-refractivity contribution in [3.8, 4) is 5.75 Å². The van der Waals surface area contributed by atoms with Crippen molar-refractivity contribution in [1.29, 1.82) is 0 Å². The third-order valence-corrected chi connectivity index (χ3v) is 5.83. The lowest BCUT2D eigenvalue weighted by Crippen LogP contribution is -2.61. The number of likely N-dealkylation sites (tertiary alicyclic amines) is 1. The molecule has 1 saturated heterocycles. The third kappa shape index (κ3) is 5.30. The number of unbranched alkanes of at least 4 members (excludes halogenated alkanes) is 1. The number of hydrogen-bond donors (Lipinski definition) is 1. The van der Waals surface area contributed by atoms with Crippen LogP contribution in [0.25, 0.3) is 0 Å². The molecule has 2 amide bonds. The number of urea groups is 1. The van der Waals surface area contributed by atoms with Gasteiger partial charge in [0.1, 0.15) is 5.75 Å². The minimum atomic E-state index is -0.0519. The standard InChI is InChI=1S/C24H33N3O2/c1-5-6-14-29-22-12-9-11-20(15-22)25-24(28)27-16-21(17-27)26(4)19(3)23-13-8-7-10-18(23)2/h7-13,15,19,21H,5-6,14,16-17H2,1-4H3,(H,25,28). The van der Waals surface area contributed by atoms with Crippen molar-refractivity contribution >= 4 is 11.7 Å². The number of carbonyl (C=O) groups is 1. The number of ether oxygens (including phenoxy) is 1. The number of aryl methyl sites for hydroxylation is 1. The lowest BCUT2D eigenvalue weighted by atomic mass is 9.98. The topological polar surface area (TPSA) is 44.8 Å². The van der Waals surface area contributed by atoms with Gasteiger partial charge in [-0.2, -0.15) is 0 Å². The van der Waals surface area contributed by atoms with E-state index in [0.717, 1.165) is 37.4 Å². The van der Waals surface area contributed by atoms with Gasteiger partial charge in [-0.25, -0.2) is 4.79 Å². The van der Waals surface area contributed by atoms with Crippen LogP contribution in [0.2, 0.25) is 0 Å². The quantitative estimate of drug-likeness (QED) is 0.634. The highest BCUT2D eigenvalue weighted by Crippen LogP contribution is 2.27. The van der Waals surface area contributed by atoms with Crippen molar-refractivity contribution < 1.29 is 9.53 Å². The van der Waals surface area contributed by atoms with E-state index in [0.29, 0.717) is 18.7 Å². The summed E-state index contributed by atoms with van der Waals surface area (Å²) in [6.07, 6.45) is 2.13. The van der Waals surface area contributed by atoms with E-state index < -0.39 is 0 Å². The maximum Gasteiger partial charge on any atom is 0.321 e. The van der Waals surface area contributed by atoms with Crippen molar-refractivity contribution in [3.05, 3.63) is 59.7 Å². The second-order valence-electron chi connectivity index (χ2n) is 7.92. The number of nitrogens with one attached hydrogen (secondary N) is 1. The van der Waals surface area contributed by atoms with E-state index in [1.165, 1.54) is 11.1 Å². The van der Waals surface area contributed by atoms with Crippen molar-refractivity contribution in [2.45, 2.75) is 45.7 Å². The lowest BCUT2D eigenvalue weighted by molar-refractivity contribution is 0.0558. The Morgan fingerprint density at radius 3 is 2.72 bits per heavy atom. The van der Waals surface area contributed by atoms with Gasteiger partial charge in [-0.05, 0) is 50.6 Å². The average molecular weight is 396 g/mol. The predicted octanol–water partition coefficient (Wildman–Crippen LogP) is 5.08. The summed E-state index contributed by atoms with van der Waals surface area (Å²) >= 11 is 0. The largest absolute Gasteiger partial charge is 0.494 e. The first-order valence-electron chi connectivity index (χ1n) is 10.6. The fourth-order valence-corrected chi connectivity index (χ4v) is 3.67. The zero-order valence-electron chi connectivity index (χ0n) is 18.0. The molecule has 3 rings (SSSR count). The van der Waals surface area contributed by atoms with E-state index in [4.69, 9.17) is 4.74 Å². The number of benzene rings is 2. The van der Waals surface area contributed by atoms with E-state index in [2.05, 4.69) is 62.3 Å². The summed E-state index contributed by atoms with van der Waals surface area (Å²) in [5.74, 6) is 0.796. The van der Waals surface area contributed by atoms with Gasteiger partial charge in [0.05, 0.1) is 6.61 Å². The van der Waals surface area contributed by atoms with Gasteiger partial charge < -0.3 is 15.0 Å². The first kappa shape index (κ1) is 21.2. The molecule has 1 fully saturated rings. The molecule has 1 aliphatic heterocycles. The minimum absolute atomic E-state index is 0.0519. The molecule has 156 valence electrons. The number of anilines is 1. The predicted molar refractivity (Wildman–Crippen MR) is 119 cm³/mol. The third-order valence-electron chi connectivity index (χ3n) is 5.83. The Kier molecular flexibility index (Phi) is 7.15. The molecule has 5 nitrogen and oxygen atoms in total. The molecule has 1 aliphatic rings. The van der Waals surface area contributed by atoms with Crippen molar-refractivity contribution in [1.82, 2.24) is 9.80 Å². The van der Waals surface area contributed by atoms with Crippen LogP contribution in [0.15, 0.2) is 48.5 Å². The molecule has 0 saturated carbocycles. The summed E-state index contributed by atoms with van der Waals surface area (Å²) in [5, 5.41) is 2.99. The Bertz CT molecular complexity index is 817. The number of nitrogens with zero attached hydrogens (tertiary/aromatic N) is 2. The SMILES string of the molecule is CCCCOc1cccc(NC(=O)N2CC(N(C)C(C)c3ccccc3C)C2)c1. The molecule has 5 heteroatoms. The van der Waals surface area contributed by atoms with Crippen molar-refractivity contribution in [3.63, 3.8) is 0 Å². The zero-order chi connectivity index (χ0) is 20.8. The number of carbonyl (C=O) groups excluding carboxylic acids is 1. The van der Waals surface area contributed by atoms with Gasteiger partial charge in [-0.3, -0.25) is 4.90 Å². The first-order valence-corrected chi connectivity index (χ1v) is 10.6. The number of likely N-dealkylation sites (N-methyl/N-ethyl adjacent to an activating group) is 1. The Balaban J connectivity index is 1.50. The van der Waals surface area contributed by atoms with Crippen molar-refractivity contribution in [2.24, 2.45) is 0 Å². The van der Waals surface area contributed by atoms with Crippen LogP contribution in [0.1, 0.15) is 43.9 Å². The van der Waals surface area contributed by atoms with E-state index in [-0.39, 0.29) is 6.03 Å². The molecule has 1 unspecified atom stereocenters. The average Bonchev–Trinajstić information content (AvgIpc) is 2.67. The monoisotopic (exact) mass is 395 g/mol. The maximum atomic E-state index is 12.6. The van der Waals surface area contributed by atoms with Gasteiger partial charge in [0.25, 0.3) is 0 Å². The molecule has 1 atom stereocenters. The van der Waals surface area contributed by atoms with Gasteiger partial charge in [-0.1, -0.05) is 43.7 Å². The summed E-state index contributed by atoms with van der Waals surface area (Å²) in [6.45, 7) is 8.71. The van der Waals surface area contributed by atoms with E-state index in [1.54, 1.807) is 0 Å². The van der Waals surface area contributed by atoms with Crippen LogP contribution in [-0.4, -0.2) is 48.6 Å². The fraction of sp³-hybridized carbons (Fsp3) is 0.458. The van der Waals surface area contributed by atoms with E-state index >= 15 is 0 Å². The zero-order valence-corrected chi connectivity index (χ0v) is 18.0. The van der Waals surface area contributed by atoms with Gasteiger partial charge in [-0.15, -0.1) is 0 Å². The molecular weight excluding hydrogens is 362 g/mol. The summed E-state index contributed by atoms with van der Waals surface area (Å²) in [5.41, 5.74) is 3.42. The second-order valence-corrected chi connectivity index (χ2v) is 7.92. The molecule has 0 radical (unpaired) electrons. The summed E-state index contributed by atoms with van der Waals surface area (Å²) < 4.78 is 5.72. The summed E-state index contributed by atoms with van der Waals surface area (Å²) in [7, 11) is 2.15. The Labute approximate surface area is 174 Å². The highest BCUT2D eigenvalue weighted by Gasteiger charge is 2.35. The highest BCUT2D eigenvalue weighted by molar-refractivity contribution is 5.90. The molecule has 0 aliphatic carbocycles. The maximum absolute atomic E-state index is 12.6. The molecule has 29 heavy (non-hydrogen) atoms. The fourth-order valence-electron chi connectivity index (χ4n) is 3.67. The molecule has 1 N–H and O–H groups in total. The normalized spacial score (nSPS) is 15.1. The molecule has 2 aromatic carbocycles. The van der Waals surface area contributed by atoms with Crippen LogP contribution >= 0.6 is 0 Å². The first-order chi connectivity index (χ1) is 14.0. The van der Waals surface area contributed by atoms with Crippen LogP contribution in [-0.2, 0) is 0 Å². The van der Waals surface area contributed by atoms with Crippen LogP contribution in [0.5, 0.6) is 5.75 Å². The molecule has 0 bridgehead atoms. The summed E-state index contributed by atoms with van der Waals surface area (Å²) in [6, 6.07) is 16.8. The van der Waals surface area contributed by atoms with Gasteiger partial charge in [0, 0.05) is 36.9 Å². The molecular formula is C24H33N3O2. The highest BCUT2D eigenvalue weighted by atomic mass is 16.5. The van der Waals surface area contributed by atoms with Gasteiger partial charge >= 0.3 is 6.03 Å². The Hall–Kier alpha value is -2.53. The molecule has 2 aromatic rings. The van der Waals surface area contributed by atoms with Crippen LogP contribution in [0.4, 0.5) is 10.5 Å². The van der Waals surface area contributed by atoms with Crippen molar-refractivity contribution in [2.75, 3.05) is 32.1 Å². The van der Waals surface area contributed by atoms with Crippen LogP contribution < -0.4 is 10.1 Å². The van der Waals surface area contributed by atoms with Crippen LogP contribution in [0, 0.1) is 6.92 Å². The van der Waals surface area contributed by atoms with E-state index in [1.807, 2.05) is 29.2 Å². The Morgan fingerprint density at radius 2 is 2.00 bits per heavy atom. The molecule has 1 heterocycles. The van der Waals surface area contributed by atoms with Gasteiger partial charge in [0.2, 0.25) is 0 Å². The molecule has 0 aromatic heterocycles. The lowest BCUT2D eigenvalue weighted by Gasteiger charge is -2.46. The van der Waals surface area contributed by atoms with Gasteiger partial charge in [0.15, 0.2) is 0 Å². The summed E-state index contributed by atoms with van der Waals surface area (Å²) in [4.78, 5) is 16.8.